The molecule has 20 heavy (non-hydrogen) atoms. The fraction of sp³-hybridized carbons (Fsp3) is 0.529. The molecule has 2 aromatic rings. The summed E-state index contributed by atoms with van der Waals surface area (Å²) in [6, 6.07) is 9.16. The maximum absolute atomic E-state index is 5.80. The maximum Gasteiger partial charge on any atom is 0.0594 e. The molecule has 0 bridgehead atoms. The number of fused-ring (bicyclic) bond motifs is 1. The summed E-state index contributed by atoms with van der Waals surface area (Å²) in [6.45, 7) is 6.41. The van der Waals surface area contributed by atoms with Crippen molar-refractivity contribution in [1.82, 2.24) is 5.32 Å². The van der Waals surface area contributed by atoms with Gasteiger partial charge in [0, 0.05) is 23.3 Å². The van der Waals surface area contributed by atoms with E-state index >= 15 is 0 Å². The van der Waals surface area contributed by atoms with Crippen LogP contribution in [0.3, 0.4) is 0 Å². The normalized spacial score (nSPS) is 24.3. The molecule has 108 valence electrons. The summed E-state index contributed by atoms with van der Waals surface area (Å²) >= 11 is 1.85. The van der Waals surface area contributed by atoms with Crippen molar-refractivity contribution >= 4 is 21.4 Å². The lowest BCUT2D eigenvalue weighted by atomic mass is 9.88. The quantitative estimate of drug-likeness (QED) is 0.882. The lowest BCUT2D eigenvalue weighted by Crippen LogP contribution is -2.32. The second kappa shape index (κ2) is 6.25. The van der Waals surface area contributed by atoms with Gasteiger partial charge in [-0.1, -0.05) is 25.1 Å². The zero-order valence-electron chi connectivity index (χ0n) is 12.3. The standard InChI is InChI=1S/C17H23NOS/c1-3-9-18-17(13-8-10-19-12(13)2)15-11-20-16-7-5-4-6-14(15)16/h4-7,11-13,17-18H,3,8-10H2,1-2H3. The Morgan fingerprint density at radius 3 is 3.00 bits per heavy atom. The molecule has 1 saturated heterocycles. The molecule has 3 atom stereocenters. The number of hydrogen-bond donors (Lipinski definition) is 1. The lowest BCUT2D eigenvalue weighted by Gasteiger charge is -2.27. The predicted octanol–water partition coefficient (Wildman–Crippen LogP) is 4.37. The van der Waals surface area contributed by atoms with Gasteiger partial charge in [0.25, 0.3) is 0 Å². The largest absolute Gasteiger partial charge is 0.378 e. The Kier molecular flexibility index (Phi) is 4.39. The number of thiophene rings is 1. The fourth-order valence-corrected chi connectivity index (χ4v) is 4.21. The third-order valence-electron chi connectivity index (χ3n) is 4.32. The minimum absolute atomic E-state index is 0.350. The first-order valence-corrected chi connectivity index (χ1v) is 8.50. The van der Waals surface area contributed by atoms with Gasteiger partial charge in [0.05, 0.1) is 6.10 Å². The maximum atomic E-state index is 5.80. The molecule has 2 nitrogen and oxygen atoms in total. The van der Waals surface area contributed by atoms with Gasteiger partial charge in [-0.15, -0.1) is 11.3 Å². The molecule has 1 N–H and O–H groups in total. The molecule has 1 aliphatic rings. The van der Waals surface area contributed by atoms with Gasteiger partial charge in [-0.3, -0.25) is 0 Å². The first kappa shape index (κ1) is 14.1. The number of ether oxygens (including phenoxy) is 1. The molecule has 1 fully saturated rings. The van der Waals surface area contributed by atoms with Crippen LogP contribution in [-0.2, 0) is 4.74 Å². The van der Waals surface area contributed by atoms with Crippen LogP contribution >= 0.6 is 11.3 Å². The highest BCUT2D eigenvalue weighted by atomic mass is 32.1. The number of benzene rings is 1. The summed E-state index contributed by atoms with van der Waals surface area (Å²) < 4.78 is 7.19. The first-order chi connectivity index (χ1) is 9.81. The van der Waals surface area contributed by atoms with Gasteiger partial charge in [-0.25, -0.2) is 0 Å². The zero-order chi connectivity index (χ0) is 13.9. The van der Waals surface area contributed by atoms with E-state index in [0.29, 0.717) is 18.1 Å². The third-order valence-corrected chi connectivity index (χ3v) is 5.30. The van der Waals surface area contributed by atoms with Gasteiger partial charge < -0.3 is 10.1 Å². The van der Waals surface area contributed by atoms with E-state index in [0.717, 1.165) is 19.6 Å². The monoisotopic (exact) mass is 289 g/mol. The van der Waals surface area contributed by atoms with Crippen LogP contribution in [0.5, 0.6) is 0 Å². The number of nitrogens with one attached hydrogen (secondary N) is 1. The Morgan fingerprint density at radius 2 is 2.25 bits per heavy atom. The molecule has 2 heterocycles. The molecule has 0 saturated carbocycles. The summed E-state index contributed by atoms with van der Waals surface area (Å²) in [5, 5.41) is 7.51. The molecule has 1 aromatic carbocycles. The lowest BCUT2D eigenvalue weighted by molar-refractivity contribution is 0.0956. The van der Waals surface area contributed by atoms with E-state index in [1.54, 1.807) is 0 Å². The first-order valence-electron chi connectivity index (χ1n) is 7.62. The van der Waals surface area contributed by atoms with Crippen molar-refractivity contribution < 1.29 is 4.74 Å². The van der Waals surface area contributed by atoms with Crippen LogP contribution in [0.2, 0.25) is 0 Å². The second-order valence-corrected chi connectivity index (χ2v) is 6.56. The van der Waals surface area contributed by atoms with Crippen LogP contribution in [0.1, 0.15) is 38.3 Å². The van der Waals surface area contributed by atoms with Gasteiger partial charge in [0.2, 0.25) is 0 Å². The van der Waals surface area contributed by atoms with Crippen LogP contribution in [0, 0.1) is 5.92 Å². The van der Waals surface area contributed by atoms with E-state index in [9.17, 15) is 0 Å². The van der Waals surface area contributed by atoms with Gasteiger partial charge in [0.15, 0.2) is 0 Å². The van der Waals surface area contributed by atoms with E-state index in [2.05, 4.69) is 48.8 Å². The number of rotatable bonds is 5. The van der Waals surface area contributed by atoms with Crippen LogP contribution in [-0.4, -0.2) is 19.3 Å². The van der Waals surface area contributed by atoms with Crippen LogP contribution in [0.25, 0.3) is 10.1 Å². The molecule has 0 aliphatic carbocycles. The summed E-state index contributed by atoms with van der Waals surface area (Å²) in [5.74, 6) is 0.583. The van der Waals surface area contributed by atoms with E-state index in [1.807, 2.05) is 11.3 Å². The SMILES string of the molecule is CCCNC(c1csc2ccccc12)C1CCOC1C. The molecule has 3 unspecified atom stereocenters. The minimum atomic E-state index is 0.350. The summed E-state index contributed by atoms with van der Waals surface area (Å²) in [5.41, 5.74) is 1.46. The Labute approximate surface area is 125 Å². The molecule has 1 aliphatic heterocycles. The molecule has 1 aromatic heterocycles. The third kappa shape index (κ3) is 2.62. The van der Waals surface area contributed by atoms with Gasteiger partial charge in [0.1, 0.15) is 0 Å². The van der Waals surface area contributed by atoms with E-state index in [1.165, 1.54) is 22.1 Å². The van der Waals surface area contributed by atoms with Crippen molar-refractivity contribution in [3.8, 4) is 0 Å². The van der Waals surface area contributed by atoms with Crippen LogP contribution in [0.15, 0.2) is 29.6 Å². The molecule has 0 spiro atoms. The highest BCUT2D eigenvalue weighted by Crippen LogP contribution is 2.38. The molecular formula is C17H23NOS. The van der Waals surface area contributed by atoms with E-state index in [4.69, 9.17) is 4.74 Å². The Morgan fingerprint density at radius 1 is 1.40 bits per heavy atom. The van der Waals surface area contributed by atoms with Gasteiger partial charge in [-0.2, -0.15) is 0 Å². The second-order valence-electron chi connectivity index (χ2n) is 5.65. The predicted molar refractivity (Wildman–Crippen MR) is 86.4 cm³/mol. The van der Waals surface area contributed by atoms with Crippen molar-refractivity contribution in [3.05, 3.63) is 35.2 Å². The smallest absolute Gasteiger partial charge is 0.0594 e. The summed E-state index contributed by atoms with van der Waals surface area (Å²) in [4.78, 5) is 0. The highest BCUT2D eigenvalue weighted by Gasteiger charge is 2.33. The van der Waals surface area contributed by atoms with Crippen molar-refractivity contribution in [2.75, 3.05) is 13.2 Å². The van der Waals surface area contributed by atoms with Gasteiger partial charge in [-0.05, 0) is 48.7 Å². The molecule has 3 rings (SSSR count). The Hall–Kier alpha value is -0.900. The van der Waals surface area contributed by atoms with Crippen molar-refractivity contribution in [3.63, 3.8) is 0 Å². The molecule has 0 amide bonds. The molecular weight excluding hydrogens is 266 g/mol. The van der Waals surface area contributed by atoms with Crippen LogP contribution in [0.4, 0.5) is 0 Å². The average Bonchev–Trinajstić information content (AvgIpc) is 3.07. The molecule has 0 radical (unpaired) electrons. The van der Waals surface area contributed by atoms with Gasteiger partial charge >= 0.3 is 0 Å². The summed E-state index contributed by atoms with van der Waals surface area (Å²) in [7, 11) is 0. The summed E-state index contributed by atoms with van der Waals surface area (Å²) in [6.07, 6.45) is 2.68. The highest BCUT2D eigenvalue weighted by molar-refractivity contribution is 7.17. The topological polar surface area (TPSA) is 21.3 Å². The Balaban J connectivity index is 1.95. The van der Waals surface area contributed by atoms with Crippen LogP contribution < -0.4 is 5.32 Å². The Bertz CT molecular complexity index is 565. The van der Waals surface area contributed by atoms with E-state index in [-0.39, 0.29) is 0 Å². The average molecular weight is 289 g/mol. The van der Waals surface area contributed by atoms with E-state index < -0.39 is 0 Å². The minimum Gasteiger partial charge on any atom is -0.378 e. The van der Waals surface area contributed by atoms with Crippen molar-refractivity contribution in [1.29, 1.82) is 0 Å². The number of hydrogen-bond acceptors (Lipinski definition) is 3. The van der Waals surface area contributed by atoms with Crippen molar-refractivity contribution in [2.24, 2.45) is 5.92 Å². The molecule has 3 heteroatoms. The fourth-order valence-electron chi connectivity index (χ4n) is 3.22. The van der Waals surface area contributed by atoms with Crippen molar-refractivity contribution in [2.45, 2.75) is 38.8 Å². The zero-order valence-corrected chi connectivity index (χ0v) is 13.1.